The quantitative estimate of drug-likeness (QED) is 0.463. The van der Waals surface area contributed by atoms with Crippen molar-refractivity contribution < 1.29 is 14.7 Å². The van der Waals surface area contributed by atoms with Gasteiger partial charge >= 0.3 is 5.91 Å². The van der Waals surface area contributed by atoms with Crippen molar-refractivity contribution in [2.75, 3.05) is 13.2 Å². The molecular weight excluding hydrogens is 146 g/mol. The van der Waals surface area contributed by atoms with E-state index >= 15 is 0 Å². The van der Waals surface area contributed by atoms with Crippen LogP contribution in [0.3, 0.4) is 0 Å². The van der Waals surface area contributed by atoms with Gasteiger partial charge in [-0.05, 0) is 12.8 Å². The lowest BCUT2D eigenvalue weighted by Gasteiger charge is -2.07. The molecule has 0 aliphatic carbocycles. The Kier molecular flexibility index (Phi) is 2.47. The number of hydroxylamine groups is 2. The molecule has 0 bridgehead atoms. The van der Waals surface area contributed by atoms with Crippen molar-refractivity contribution in [3.8, 4) is 11.8 Å². The lowest BCUT2D eigenvalue weighted by Crippen LogP contribution is -2.26. The minimum atomic E-state index is -0.572. The van der Waals surface area contributed by atoms with Crippen LogP contribution in [0, 0.1) is 11.8 Å². The van der Waals surface area contributed by atoms with Crippen LogP contribution in [-0.2, 0) is 9.63 Å². The van der Waals surface area contributed by atoms with E-state index in [0.717, 1.165) is 5.06 Å². The minimum Gasteiger partial charge on any atom is -0.389 e. The molecule has 1 unspecified atom stereocenters. The molecule has 0 aromatic heterocycles. The number of hydrogen-bond donors (Lipinski definition) is 1. The monoisotopic (exact) mass is 155 g/mol. The van der Waals surface area contributed by atoms with E-state index in [2.05, 4.69) is 11.8 Å². The van der Waals surface area contributed by atoms with E-state index in [1.807, 2.05) is 0 Å². The molecule has 1 aliphatic rings. The normalized spacial score (nSPS) is 22.7. The molecule has 4 heteroatoms. The summed E-state index contributed by atoms with van der Waals surface area (Å²) in [4.78, 5) is 15.7. The van der Waals surface area contributed by atoms with Gasteiger partial charge in [-0.15, -0.1) is 0 Å². The summed E-state index contributed by atoms with van der Waals surface area (Å²) in [5, 5.41) is 10.0. The second-order valence-corrected chi connectivity index (χ2v) is 2.19. The highest BCUT2D eigenvalue weighted by molar-refractivity contribution is 5.92. The van der Waals surface area contributed by atoms with Crippen molar-refractivity contribution in [1.82, 2.24) is 5.06 Å². The Bertz CT molecular complexity index is 215. The number of carbonyl (C=O) groups excluding carboxylic acids is 1. The van der Waals surface area contributed by atoms with Crippen molar-refractivity contribution in [3.63, 3.8) is 0 Å². The second kappa shape index (κ2) is 3.37. The fraction of sp³-hybridized carbons (Fsp3) is 0.571. The van der Waals surface area contributed by atoms with E-state index in [1.54, 1.807) is 6.92 Å². The van der Waals surface area contributed by atoms with Gasteiger partial charge in [-0.1, -0.05) is 5.92 Å². The molecule has 11 heavy (non-hydrogen) atoms. The van der Waals surface area contributed by atoms with Crippen LogP contribution in [0.5, 0.6) is 0 Å². The Hall–Kier alpha value is -1.05. The molecule has 1 N–H and O–H groups in total. The van der Waals surface area contributed by atoms with E-state index in [1.165, 1.54) is 0 Å². The fourth-order valence-corrected chi connectivity index (χ4v) is 0.784. The van der Waals surface area contributed by atoms with Gasteiger partial charge in [0.15, 0.2) is 0 Å². The van der Waals surface area contributed by atoms with E-state index in [4.69, 9.17) is 9.94 Å². The zero-order valence-electron chi connectivity index (χ0n) is 6.20. The van der Waals surface area contributed by atoms with Gasteiger partial charge in [-0.2, -0.15) is 0 Å². The van der Waals surface area contributed by atoms with Crippen LogP contribution in [0.15, 0.2) is 0 Å². The third-order valence-electron chi connectivity index (χ3n) is 1.26. The highest BCUT2D eigenvalue weighted by atomic mass is 16.7. The first-order chi connectivity index (χ1) is 5.24. The molecule has 1 heterocycles. The van der Waals surface area contributed by atoms with Crippen LogP contribution >= 0.6 is 0 Å². The van der Waals surface area contributed by atoms with E-state index in [0.29, 0.717) is 0 Å². The largest absolute Gasteiger partial charge is 0.389 e. The van der Waals surface area contributed by atoms with E-state index in [-0.39, 0.29) is 13.2 Å². The van der Waals surface area contributed by atoms with E-state index < -0.39 is 12.0 Å². The van der Waals surface area contributed by atoms with Crippen LogP contribution in [0.2, 0.25) is 0 Å². The molecule has 1 aliphatic heterocycles. The molecule has 0 saturated carbocycles. The smallest absolute Gasteiger partial charge is 0.322 e. The average Bonchev–Trinajstić information content (AvgIpc) is 2.36. The Morgan fingerprint density at radius 1 is 1.82 bits per heavy atom. The molecular formula is C7H9NO3. The zero-order valence-corrected chi connectivity index (χ0v) is 6.20. The van der Waals surface area contributed by atoms with Crippen molar-refractivity contribution in [1.29, 1.82) is 0 Å². The Morgan fingerprint density at radius 2 is 2.55 bits per heavy atom. The maximum absolute atomic E-state index is 10.9. The van der Waals surface area contributed by atoms with Gasteiger partial charge in [0.05, 0.1) is 6.54 Å². The molecule has 1 rings (SSSR count). The molecule has 0 spiro atoms. The zero-order chi connectivity index (χ0) is 8.27. The van der Waals surface area contributed by atoms with Gasteiger partial charge in [0.2, 0.25) is 0 Å². The Morgan fingerprint density at radius 3 is 3.00 bits per heavy atom. The van der Waals surface area contributed by atoms with Crippen LogP contribution in [-0.4, -0.2) is 35.3 Å². The minimum absolute atomic E-state index is 0.178. The van der Waals surface area contributed by atoms with Crippen LogP contribution < -0.4 is 0 Å². The maximum atomic E-state index is 10.9. The molecule has 0 aromatic rings. The molecule has 1 fully saturated rings. The first kappa shape index (κ1) is 8.05. The van der Waals surface area contributed by atoms with Gasteiger partial charge in [0.1, 0.15) is 12.7 Å². The summed E-state index contributed by atoms with van der Waals surface area (Å²) in [6, 6.07) is 0. The van der Waals surface area contributed by atoms with Gasteiger partial charge in [-0.3, -0.25) is 9.63 Å². The average molecular weight is 155 g/mol. The molecule has 1 amide bonds. The van der Waals surface area contributed by atoms with Crippen molar-refractivity contribution in [3.05, 3.63) is 0 Å². The molecule has 60 valence electrons. The number of amides is 1. The summed E-state index contributed by atoms with van der Waals surface area (Å²) in [6.45, 7) is 1.97. The van der Waals surface area contributed by atoms with Gasteiger partial charge in [0.25, 0.3) is 0 Å². The van der Waals surface area contributed by atoms with E-state index in [9.17, 15) is 4.79 Å². The van der Waals surface area contributed by atoms with Gasteiger partial charge in [0, 0.05) is 0 Å². The lowest BCUT2D eigenvalue weighted by molar-refractivity contribution is -0.161. The lowest BCUT2D eigenvalue weighted by atomic mass is 10.4. The Labute approximate surface area is 64.7 Å². The summed E-state index contributed by atoms with van der Waals surface area (Å²) in [6.07, 6.45) is -0.572. The number of aliphatic hydroxyl groups is 1. The predicted octanol–water partition coefficient (Wildman–Crippen LogP) is -0.856. The van der Waals surface area contributed by atoms with Gasteiger partial charge < -0.3 is 5.11 Å². The van der Waals surface area contributed by atoms with Crippen LogP contribution in [0.25, 0.3) is 0 Å². The maximum Gasteiger partial charge on any atom is 0.322 e. The number of rotatable bonds is 0. The summed E-state index contributed by atoms with van der Waals surface area (Å²) < 4.78 is 0. The number of nitrogens with zero attached hydrogens (tertiary/aromatic N) is 1. The molecule has 0 aromatic carbocycles. The molecule has 0 radical (unpaired) electrons. The summed E-state index contributed by atoms with van der Waals surface area (Å²) >= 11 is 0. The number of hydrogen-bond acceptors (Lipinski definition) is 3. The highest BCUT2D eigenvalue weighted by Crippen LogP contribution is 2.04. The molecule has 4 nitrogen and oxygen atoms in total. The number of aliphatic hydroxyl groups excluding tert-OH is 1. The van der Waals surface area contributed by atoms with Crippen molar-refractivity contribution in [2.45, 2.75) is 13.0 Å². The van der Waals surface area contributed by atoms with Crippen molar-refractivity contribution >= 4 is 5.91 Å². The first-order valence-corrected chi connectivity index (χ1v) is 3.29. The SMILES string of the molecule is CC#CC(=O)N1CC(O)CO1. The van der Waals surface area contributed by atoms with Crippen molar-refractivity contribution in [2.24, 2.45) is 0 Å². The molecule has 1 atom stereocenters. The number of carbonyl (C=O) groups is 1. The summed E-state index contributed by atoms with van der Waals surface area (Å²) in [5.74, 6) is 4.37. The fourth-order valence-electron chi connectivity index (χ4n) is 0.784. The third-order valence-corrected chi connectivity index (χ3v) is 1.26. The summed E-state index contributed by atoms with van der Waals surface area (Å²) in [5.41, 5.74) is 0. The van der Waals surface area contributed by atoms with Gasteiger partial charge in [-0.25, -0.2) is 5.06 Å². The predicted molar refractivity (Wildman–Crippen MR) is 37.1 cm³/mol. The highest BCUT2D eigenvalue weighted by Gasteiger charge is 2.24. The topological polar surface area (TPSA) is 49.8 Å². The number of β-amino-alcohol motifs (C(OH)–C–C–N with tert-alkyl or cyclic N) is 1. The molecule has 1 saturated heterocycles. The first-order valence-electron chi connectivity index (χ1n) is 3.29. The van der Waals surface area contributed by atoms with Crippen LogP contribution in [0.1, 0.15) is 6.92 Å². The Balaban J connectivity index is 2.47. The standard InChI is InChI=1S/C7H9NO3/c1-2-3-7(10)8-4-6(9)5-11-8/h6,9H,4-5H2,1H3. The third kappa shape index (κ3) is 1.93. The van der Waals surface area contributed by atoms with Crippen LogP contribution in [0.4, 0.5) is 0 Å². The second-order valence-electron chi connectivity index (χ2n) is 2.19. The summed E-state index contributed by atoms with van der Waals surface area (Å²) in [7, 11) is 0.